The Labute approximate surface area is 113 Å². The first kappa shape index (κ1) is 13.0. The van der Waals surface area contributed by atoms with E-state index >= 15 is 0 Å². The smallest absolute Gasteiger partial charge is 0.254 e. The quantitative estimate of drug-likeness (QED) is 0.910. The number of halogens is 1. The summed E-state index contributed by atoms with van der Waals surface area (Å²) in [6, 6.07) is 7.28. The van der Waals surface area contributed by atoms with E-state index < -0.39 is 12.0 Å². The summed E-state index contributed by atoms with van der Waals surface area (Å²) in [6.45, 7) is 1.41. The van der Waals surface area contributed by atoms with Crippen molar-refractivity contribution in [2.45, 2.75) is 13.0 Å². The Bertz CT molecular complexity index is 551. The number of rotatable bonds is 3. The lowest BCUT2D eigenvalue weighted by Gasteiger charge is -2.02. The number of anilines is 1. The van der Waals surface area contributed by atoms with Gasteiger partial charge < -0.3 is 5.11 Å². The zero-order valence-corrected chi connectivity index (χ0v) is 11.1. The predicted octanol–water partition coefficient (Wildman–Crippen LogP) is 2.78. The lowest BCUT2D eigenvalue weighted by molar-refractivity contribution is -0.123. The van der Waals surface area contributed by atoms with Crippen LogP contribution in [0.15, 0.2) is 29.6 Å². The molecule has 1 aromatic carbocycles. The van der Waals surface area contributed by atoms with Crippen molar-refractivity contribution < 1.29 is 9.90 Å². The standard InChI is InChI=1S/C12H11ClN2O2S/c1-7(16)11(17)15-12-14-10(6-18-12)8-2-4-9(13)5-3-8/h2-7,16H,1H3,(H,14,15,17). The van der Waals surface area contributed by atoms with Gasteiger partial charge in [0.15, 0.2) is 5.13 Å². The number of hydrogen-bond donors (Lipinski definition) is 2. The van der Waals surface area contributed by atoms with Crippen LogP contribution in [0.3, 0.4) is 0 Å². The number of thiazole rings is 1. The van der Waals surface area contributed by atoms with Crippen molar-refractivity contribution in [2.24, 2.45) is 0 Å². The number of nitrogens with one attached hydrogen (secondary N) is 1. The van der Waals surface area contributed by atoms with Gasteiger partial charge >= 0.3 is 0 Å². The molecule has 1 amide bonds. The maximum Gasteiger partial charge on any atom is 0.254 e. The Hall–Kier alpha value is -1.43. The normalized spacial score (nSPS) is 12.2. The van der Waals surface area contributed by atoms with Crippen LogP contribution >= 0.6 is 22.9 Å². The van der Waals surface area contributed by atoms with Gasteiger partial charge in [0.2, 0.25) is 0 Å². The average Bonchev–Trinajstić information content (AvgIpc) is 2.78. The summed E-state index contributed by atoms with van der Waals surface area (Å²) in [4.78, 5) is 15.6. The van der Waals surface area contributed by atoms with Gasteiger partial charge in [-0.25, -0.2) is 4.98 Å². The molecule has 0 saturated heterocycles. The number of nitrogens with zero attached hydrogens (tertiary/aromatic N) is 1. The molecule has 1 aromatic heterocycles. The molecule has 0 bridgehead atoms. The molecule has 0 aliphatic heterocycles. The number of carbonyl (C=O) groups excluding carboxylic acids is 1. The summed E-state index contributed by atoms with van der Waals surface area (Å²) in [5, 5.41) is 14.6. The third kappa shape index (κ3) is 3.07. The number of hydrogen-bond acceptors (Lipinski definition) is 4. The molecule has 6 heteroatoms. The lowest BCUT2D eigenvalue weighted by atomic mass is 10.2. The number of benzene rings is 1. The second-order valence-corrected chi connectivity index (χ2v) is 5.00. The van der Waals surface area contributed by atoms with Gasteiger partial charge in [-0.05, 0) is 19.1 Å². The van der Waals surface area contributed by atoms with Gasteiger partial charge in [-0.15, -0.1) is 11.3 Å². The summed E-state index contributed by atoms with van der Waals surface area (Å²) in [7, 11) is 0. The molecule has 1 heterocycles. The summed E-state index contributed by atoms with van der Waals surface area (Å²) in [5.41, 5.74) is 1.69. The van der Waals surface area contributed by atoms with Crippen molar-refractivity contribution >= 4 is 34.0 Å². The molecule has 4 nitrogen and oxygen atoms in total. The van der Waals surface area contributed by atoms with Crippen LogP contribution in [0.4, 0.5) is 5.13 Å². The van der Waals surface area contributed by atoms with Crippen LogP contribution in [0.25, 0.3) is 11.3 Å². The van der Waals surface area contributed by atoms with E-state index in [1.165, 1.54) is 18.3 Å². The van der Waals surface area contributed by atoms with Crippen molar-refractivity contribution in [2.75, 3.05) is 5.32 Å². The molecule has 94 valence electrons. The molecule has 0 radical (unpaired) electrons. The SMILES string of the molecule is CC(O)C(=O)Nc1nc(-c2ccc(Cl)cc2)cs1. The lowest BCUT2D eigenvalue weighted by Crippen LogP contribution is -2.24. The van der Waals surface area contributed by atoms with Crippen molar-refractivity contribution in [1.82, 2.24) is 4.98 Å². The van der Waals surface area contributed by atoms with E-state index in [0.29, 0.717) is 10.2 Å². The van der Waals surface area contributed by atoms with Crippen molar-refractivity contribution in [3.05, 3.63) is 34.7 Å². The summed E-state index contributed by atoms with van der Waals surface area (Å²) in [6.07, 6.45) is -1.05. The van der Waals surface area contributed by atoms with E-state index in [4.69, 9.17) is 16.7 Å². The molecule has 0 aliphatic carbocycles. The highest BCUT2D eigenvalue weighted by Crippen LogP contribution is 2.25. The summed E-state index contributed by atoms with van der Waals surface area (Å²) in [5.74, 6) is -0.466. The van der Waals surface area contributed by atoms with Crippen LogP contribution in [0.2, 0.25) is 5.02 Å². The monoisotopic (exact) mass is 282 g/mol. The fourth-order valence-corrected chi connectivity index (χ4v) is 2.14. The topological polar surface area (TPSA) is 62.2 Å². The van der Waals surface area contributed by atoms with Gasteiger partial charge in [-0.2, -0.15) is 0 Å². The molecule has 18 heavy (non-hydrogen) atoms. The first-order chi connectivity index (χ1) is 8.56. The van der Waals surface area contributed by atoms with Crippen LogP contribution in [0.5, 0.6) is 0 Å². The number of aliphatic hydroxyl groups is 1. The third-order valence-electron chi connectivity index (χ3n) is 2.25. The molecular formula is C12H11ClN2O2S. The van der Waals surface area contributed by atoms with Crippen LogP contribution in [-0.4, -0.2) is 22.1 Å². The number of aromatic nitrogens is 1. The fraction of sp³-hybridized carbons (Fsp3) is 0.167. The van der Waals surface area contributed by atoms with Crippen molar-refractivity contribution in [3.8, 4) is 11.3 Å². The summed E-state index contributed by atoms with van der Waals surface area (Å²) < 4.78 is 0. The molecule has 0 fully saturated rings. The zero-order chi connectivity index (χ0) is 13.1. The largest absolute Gasteiger partial charge is 0.384 e. The van der Waals surface area contributed by atoms with Crippen LogP contribution in [0.1, 0.15) is 6.92 Å². The molecule has 2 rings (SSSR count). The number of amides is 1. The van der Waals surface area contributed by atoms with Gasteiger partial charge in [0.25, 0.3) is 5.91 Å². The number of carbonyl (C=O) groups is 1. The Morgan fingerprint density at radius 3 is 2.72 bits per heavy atom. The minimum atomic E-state index is -1.05. The van der Waals surface area contributed by atoms with Crippen molar-refractivity contribution in [1.29, 1.82) is 0 Å². The van der Waals surface area contributed by atoms with Crippen molar-refractivity contribution in [3.63, 3.8) is 0 Å². The van der Waals surface area contributed by atoms with E-state index in [-0.39, 0.29) is 0 Å². The summed E-state index contributed by atoms with van der Waals surface area (Å²) >= 11 is 7.11. The highest BCUT2D eigenvalue weighted by molar-refractivity contribution is 7.14. The molecule has 1 unspecified atom stereocenters. The molecule has 1 atom stereocenters. The van der Waals surface area contributed by atoms with Gasteiger partial charge in [0.05, 0.1) is 5.69 Å². The number of aliphatic hydroxyl groups excluding tert-OH is 1. The molecule has 0 spiro atoms. The molecule has 2 aromatic rings. The zero-order valence-electron chi connectivity index (χ0n) is 9.55. The molecular weight excluding hydrogens is 272 g/mol. The first-order valence-corrected chi connectivity index (χ1v) is 6.52. The molecule has 0 saturated carbocycles. The second-order valence-electron chi connectivity index (χ2n) is 3.71. The molecule has 2 N–H and O–H groups in total. The van der Waals surface area contributed by atoms with Crippen LogP contribution in [-0.2, 0) is 4.79 Å². The Morgan fingerprint density at radius 2 is 2.11 bits per heavy atom. The van der Waals surface area contributed by atoms with E-state index in [0.717, 1.165) is 11.3 Å². The maximum absolute atomic E-state index is 11.3. The minimum absolute atomic E-state index is 0.464. The van der Waals surface area contributed by atoms with Gasteiger partial charge in [-0.3, -0.25) is 10.1 Å². The fourth-order valence-electron chi connectivity index (χ4n) is 1.29. The Kier molecular flexibility index (Phi) is 3.96. The van der Waals surface area contributed by atoms with E-state index in [9.17, 15) is 4.79 Å². The van der Waals surface area contributed by atoms with Crippen LogP contribution in [0, 0.1) is 0 Å². The van der Waals surface area contributed by atoms with Crippen LogP contribution < -0.4 is 5.32 Å². The maximum atomic E-state index is 11.3. The van der Waals surface area contributed by atoms with Gasteiger partial charge in [0.1, 0.15) is 6.10 Å². The van der Waals surface area contributed by atoms with Gasteiger partial charge in [-0.1, -0.05) is 23.7 Å². The average molecular weight is 283 g/mol. The van der Waals surface area contributed by atoms with E-state index in [1.54, 1.807) is 12.1 Å². The minimum Gasteiger partial charge on any atom is -0.384 e. The first-order valence-electron chi connectivity index (χ1n) is 5.26. The highest BCUT2D eigenvalue weighted by Gasteiger charge is 2.11. The predicted molar refractivity (Wildman–Crippen MR) is 72.9 cm³/mol. The van der Waals surface area contributed by atoms with E-state index in [1.807, 2.05) is 17.5 Å². The van der Waals surface area contributed by atoms with E-state index in [2.05, 4.69) is 10.3 Å². The Morgan fingerprint density at radius 1 is 1.44 bits per heavy atom. The highest BCUT2D eigenvalue weighted by atomic mass is 35.5. The molecule has 0 aliphatic rings. The second kappa shape index (κ2) is 5.48. The third-order valence-corrected chi connectivity index (χ3v) is 3.26. The Balaban J connectivity index is 2.15. The van der Waals surface area contributed by atoms with Gasteiger partial charge in [0, 0.05) is 16.0 Å².